The predicted octanol–water partition coefficient (Wildman–Crippen LogP) is 2.75. The van der Waals surface area contributed by atoms with Crippen LogP contribution in [0.25, 0.3) is 11.3 Å². The lowest BCUT2D eigenvalue weighted by molar-refractivity contribution is -0.141. The van der Waals surface area contributed by atoms with Crippen molar-refractivity contribution in [3.63, 3.8) is 0 Å². The summed E-state index contributed by atoms with van der Waals surface area (Å²) in [6.45, 7) is 2.27. The second-order valence-electron chi connectivity index (χ2n) is 5.69. The van der Waals surface area contributed by atoms with Crippen molar-refractivity contribution in [3.05, 3.63) is 53.7 Å². The number of hydrogen-bond donors (Lipinski definition) is 1. The van der Waals surface area contributed by atoms with E-state index in [1.165, 1.54) is 4.90 Å². The molecule has 0 spiro atoms. The number of carboxylic acids is 1. The van der Waals surface area contributed by atoms with Gasteiger partial charge >= 0.3 is 5.97 Å². The molecule has 2 aromatic rings. The molecular formula is C18H18N2O3. The summed E-state index contributed by atoms with van der Waals surface area (Å²) in [5.41, 5.74) is 2.88. The molecule has 0 aliphatic carbocycles. The van der Waals surface area contributed by atoms with Crippen LogP contribution in [-0.2, 0) is 4.79 Å². The lowest BCUT2D eigenvalue weighted by Crippen LogP contribution is -2.40. The maximum atomic E-state index is 12.7. The summed E-state index contributed by atoms with van der Waals surface area (Å²) in [7, 11) is 0. The van der Waals surface area contributed by atoms with Crippen LogP contribution in [0.5, 0.6) is 0 Å². The molecule has 2 heterocycles. The first-order valence-corrected chi connectivity index (χ1v) is 7.65. The first kappa shape index (κ1) is 15.2. The van der Waals surface area contributed by atoms with Crippen LogP contribution in [0, 0.1) is 6.92 Å². The lowest BCUT2D eigenvalue weighted by Gasteiger charge is -2.22. The molecule has 0 bridgehead atoms. The molecule has 1 aromatic heterocycles. The van der Waals surface area contributed by atoms with Gasteiger partial charge in [-0.05, 0) is 31.9 Å². The van der Waals surface area contributed by atoms with Crippen LogP contribution in [0.15, 0.2) is 42.5 Å². The Morgan fingerprint density at radius 1 is 1.17 bits per heavy atom. The van der Waals surface area contributed by atoms with Crippen molar-refractivity contribution < 1.29 is 14.7 Å². The summed E-state index contributed by atoms with van der Waals surface area (Å²) in [5, 5.41) is 9.23. The van der Waals surface area contributed by atoms with E-state index in [2.05, 4.69) is 4.98 Å². The standard InChI is InChI=1S/C18H18N2O3/c1-12-14(17(21)20-11-5-8-16(20)18(22)23)9-10-15(19-12)13-6-3-2-4-7-13/h2-4,6-7,9-10,16H,5,8,11H2,1H3,(H,22,23)/t16-/m1/s1. The molecule has 5 heteroatoms. The number of carboxylic acid groups (broad SMARTS) is 1. The first-order chi connectivity index (χ1) is 11.1. The van der Waals surface area contributed by atoms with Gasteiger partial charge in [-0.15, -0.1) is 0 Å². The van der Waals surface area contributed by atoms with Gasteiger partial charge in [0, 0.05) is 12.1 Å². The molecular weight excluding hydrogens is 292 g/mol. The Bertz CT molecular complexity index is 743. The number of aromatic nitrogens is 1. The van der Waals surface area contributed by atoms with Gasteiger partial charge in [-0.25, -0.2) is 4.79 Å². The van der Waals surface area contributed by atoms with E-state index < -0.39 is 12.0 Å². The molecule has 1 atom stereocenters. The van der Waals surface area contributed by atoms with Crippen LogP contribution < -0.4 is 0 Å². The Morgan fingerprint density at radius 2 is 1.91 bits per heavy atom. The summed E-state index contributed by atoms with van der Waals surface area (Å²) in [4.78, 5) is 29.9. The van der Waals surface area contributed by atoms with Crippen LogP contribution in [0.2, 0.25) is 0 Å². The van der Waals surface area contributed by atoms with Gasteiger partial charge < -0.3 is 10.0 Å². The van der Waals surface area contributed by atoms with Crippen molar-refractivity contribution in [2.75, 3.05) is 6.54 Å². The minimum Gasteiger partial charge on any atom is -0.480 e. The molecule has 1 N–H and O–H groups in total. The number of benzene rings is 1. The minimum atomic E-state index is -0.942. The highest BCUT2D eigenvalue weighted by molar-refractivity contribution is 5.98. The molecule has 1 aliphatic heterocycles. The predicted molar refractivity (Wildman–Crippen MR) is 86.1 cm³/mol. The number of amides is 1. The first-order valence-electron chi connectivity index (χ1n) is 7.65. The van der Waals surface area contributed by atoms with E-state index in [0.29, 0.717) is 24.2 Å². The minimum absolute atomic E-state index is 0.250. The van der Waals surface area contributed by atoms with Crippen LogP contribution in [0.3, 0.4) is 0 Å². The number of likely N-dealkylation sites (tertiary alicyclic amines) is 1. The number of aliphatic carboxylic acids is 1. The van der Waals surface area contributed by atoms with E-state index in [0.717, 1.165) is 17.7 Å². The molecule has 1 aromatic carbocycles. The molecule has 1 aliphatic rings. The van der Waals surface area contributed by atoms with Gasteiger partial charge in [-0.2, -0.15) is 0 Å². The largest absolute Gasteiger partial charge is 0.480 e. The highest BCUT2D eigenvalue weighted by atomic mass is 16.4. The van der Waals surface area contributed by atoms with Gasteiger partial charge in [0.25, 0.3) is 5.91 Å². The Balaban J connectivity index is 1.89. The number of rotatable bonds is 3. The quantitative estimate of drug-likeness (QED) is 0.946. The summed E-state index contributed by atoms with van der Waals surface area (Å²) >= 11 is 0. The van der Waals surface area contributed by atoms with E-state index in [-0.39, 0.29) is 5.91 Å². The van der Waals surface area contributed by atoms with Crippen molar-refractivity contribution in [1.82, 2.24) is 9.88 Å². The molecule has 1 amide bonds. The normalized spacial score (nSPS) is 17.3. The second-order valence-corrected chi connectivity index (χ2v) is 5.69. The Hall–Kier alpha value is -2.69. The zero-order valence-corrected chi connectivity index (χ0v) is 12.9. The smallest absolute Gasteiger partial charge is 0.326 e. The van der Waals surface area contributed by atoms with E-state index in [9.17, 15) is 14.7 Å². The van der Waals surface area contributed by atoms with Crippen LogP contribution in [0.1, 0.15) is 28.9 Å². The molecule has 118 valence electrons. The molecule has 1 fully saturated rings. The van der Waals surface area contributed by atoms with E-state index in [1.807, 2.05) is 30.3 Å². The summed E-state index contributed by atoms with van der Waals surface area (Å²) in [6, 6.07) is 12.6. The van der Waals surface area contributed by atoms with Crippen LogP contribution in [0.4, 0.5) is 0 Å². The maximum absolute atomic E-state index is 12.7. The fourth-order valence-electron chi connectivity index (χ4n) is 2.98. The Kier molecular flexibility index (Phi) is 4.10. The van der Waals surface area contributed by atoms with Gasteiger partial charge in [-0.1, -0.05) is 30.3 Å². The summed E-state index contributed by atoms with van der Waals surface area (Å²) < 4.78 is 0. The fourth-order valence-corrected chi connectivity index (χ4v) is 2.98. The highest BCUT2D eigenvalue weighted by Crippen LogP contribution is 2.23. The van der Waals surface area contributed by atoms with E-state index in [1.54, 1.807) is 19.1 Å². The zero-order chi connectivity index (χ0) is 16.4. The van der Waals surface area contributed by atoms with Crippen molar-refractivity contribution in [3.8, 4) is 11.3 Å². The summed E-state index contributed by atoms with van der Waals surface area (Å²) in [5.74, 6) is -1.19. The van der Waals surface area contributed by atoms with E-state index >= 15 is 0 Å². The van der Waals surface area contributed by atoms with Gasteiger partial charge in [0.15, 0.2) is 0 Å². The highest BCUT2D eigenvalue weighted by Gasteiger charge is 2.35. The lowest BCUT2D eigenvalue weighted by atomic mass is 10.1. The average molecular weight is 310 g/mol. The van der Waals surface area contributed by atoms with Crippen LogP contribution >= 0.6 is 0 Å². The zero-order valence-electron chi connectivity index (χ0n) is 12.9. The van der Waals surface area contributed by atoms with Gasteiger partial charge in [0.2, 0.25) is 0 Å². The number of pyridine rings is 1. The Morgan fingerprint density at radius 3 is 2.57 bits per heavy atom. The third-order valence-electron chi connectivity index (χ3n) is 4.18. The third kappa shape index (κ3) is 2.95. The summed E-state index contributed by atoms with van der Waals surface area (Å²) in [6.07, 6.45) is 1.23. The molecule has 0 saturated carbocycles. The van der Waals surface area contributed by atoms with Gasteiger partial charge in [0.05, 0.1) is 17.0 Å². The number of aryl methyl sites for hydroxylation is 1. The SMILES string of the molecule is Cc1nc(-c2ccccc2)ccc1C(=O)N1CCC[C@@H]1C(=O)O. The molecule has 23 heavy (non-hydrogen) atoms. The molecule has 0 radical (unpaired) electrons. The van der Waals surface area contributed by atoms with Crippen molar-refractivity contribution in [1.29, 1.82) is 0 Å². The third-order valence-corrected chi connectivity index (χ3v) is 4.18. The van der Waals surface area contributed by atoms with Crippen molar-refractivity contribution in [2.45, 2.75) is 25.8 Å². The van der Waals surface area contributed by atoms with E-state index in [4.69, 9.17) is 0 Å². The average Bonchev–Trinajstić information content (AvgIpc) is 3.05. The molecule has 3 rings (SSSR count). The number of nitrogens with zero attached hydrogens (tertiary/aromatic N) is 2. The van der Waals surface area contributed by atoms with Crippen molar-refractivity contribution in [2.24, 2.45) is 0 Å². The topological polar surface area (TPSA) is 70.5 Å². The van der Waals surface area contributed by atoms with Gasteiger partial charge in [-0.3, -0.25) is 9.78 Å². The molecule has 5 nitrogen and oxygen atoms in total. The van der Waals surface area contributed by atoms with Gasteiger partial charge in [0.1, 0.15) is 6.04 Å². The van der Waals surface area contributed by atoms with Crippen LogP contribution in [-0.4, -0.2) is 39.5 Å². The monoisotopic (exact) mass is 310 g/mol. The number of carbonyl (C=O) groups excluding carboxylic acids is 1. The second kappa shape index (κ2) is 6.20. The maximum Gasteiger partial charge on any atom is 0.326 e. The fraction of sp³-hybridized carbons (Fsp3) is 0.278. The number of hydrogen-bond acceptors (Lipinski definition) is 3. The molecule has 1 saturated heterocycles. The molecule has 0 unspecified atom stereocenters. The Labute approximate surface area is 134 Å². The number of carbonyl (C=O) groups is 2. The van der Waals surface area contributed by atoms with Crippen molar-refractivity contribution >= 4 is 11.9 Å².